The van der Waals surface area contributed by atoms with Crippen molar-refractivity contribution in [3.05, 3.63) is 12.2 Å². The quantitative estimate of drug-likeness (QED) is 0.451. The van der Waals surface area contributed by atoms with Crippen LogP contribution >= 0.6 is 15.9 Å². The van der Waals surface area contributed by atoms with Crippen LogP contribution in [0.2, 0.25) is 0 Å². The van der Waals surface area contributed by atoms with Crippen LogP contribution in [0.25, 0.3) is 0 Å². The van der Waals surface area contributed by atoms with Gasteiger partial charge >= 0.3 is 0 Å². The van der Waals surface area contributed by atoms with Crippen LogP contribution in [0, 0.1) is 5.92 Å². The Morgan fingerprint density at radius 3 is 3.00 bits per heavy atom. The molecule has 0 N–H and O–H groups in total. The molecule has 1 aliphatic rings. The van der Waals surface area contributed by atoms with Gasteiger partial charge in [0.1, 0.15) is 0 Å². The number of rotatable bonds is 1. The molecule has 0 nitrogen and oxygen atoms in total. The maximum absolute atomic E-state index is 3.52. The molecule has 1 heteroatoms. The number of allylic oxidation sites excluding steroid dienone is 2. The first kappa shape index (κ1) is 8.32. The topological polar surface area (TPSA) is 0 Å². The van der Waals surface area contributed by atoms with E-state index in [9.17, 15) is 0 Å². The van der Waals surface area contributed by atoms with Gasteiger partial charge in [0.15, 0.2) is 0 Å². The van der Waals surface area contributed by atoms with E-state index in [0.29, 0.717) is 0 Å². The van der Waals surface area contributed by atoms with Gasteiger partial charge in [-0.15, -0.1) is 0 Å². The molecule has 0 fully saturated rings. The third-order valence-electron chi connectivity index (χ3n) is 2.05. The van der Waals surface area contributed by atoms with Crippen molar-refractivity contribution in [2.45, 2.75) is 32.1 Å². The first-order valence-corrected chi connectivity index (χ1v) is 5.28. The molecule has 0 heterocycles. The fraction of sp³-hybridized carbons (Fsp3) is 0.778. The lowest BCUT2D eigenvalue weighted by Gasteiger charge is -2.10. The Morgan fingerprint density at radius 2 is 2.20 bits per heavy atom. The molecule has 1 aliphatic carbocycles. The zero-order chi connectivity index (χ0) is 7.23. The Hall–Kier alpha value is 0.220. The van der Waals surface area contributed by atoms with Crippen LogP contribution in [-0.2, 0) is 0 Å². The summed E-state index contributed by atoms with van der Waals surface area (Å²) in [6, 6.07) is 0. The van der Waals surface area contributed by atoms with Crippen LogP contribution < -0.4 is 0 Å². The van der Waals surface area contributed by atoms with Gasteiger partial charge in [-0.1, -0.05) is 40.9 Å². The fourth-order valence-electron chi connectivity index (χ4n) is 1.36. The lowest BCUT2D eigenvalue weighted by molar-refractivity contribution is 0.559. The van der Waals surface area contributed by atoms with Gasteiger partial charge in [-0.3, -0.25) is 0 Å². The van der Waals surface area contributed by atoms with E-state index in [1.54, 1.807) is 0 Å². The van der Waals surface area contributed by atoms with Gasteiger partial charge in [0.05, 0.1) is 0 Å². The van der Waals surface area contributed by atoms with E-state index < -0.39 is 0 Å². The molecule has 10 heavy (non-hydrogen) atoms. The summed E-state index contributed by atoms with van der Waals surface area (Å²) in [7, 11) is 0. The third-order valence-corrected chi connectivity index (χ3v) is 2.88. The minimum absolute atomic E-state index is 0.806. The van der Waals surface area contributed by atoms with Crippen LogP contribution in [0.1, 0.15) is 32.1 Å². The lowest BCUT2D eigenvalue weighted by Crippen LogP contribution is -1.99. The second-order valence-electron chi connectivity index (χ2n) is 2.98. The van der Waals surface area contributed by atoms with E-state index in [-0.39, 0.29) is 0 Å². The summed E-state index contributed by atoms with van der Waals surface area (Å²) < 4.78 is 0. The average molecular weight is 203 g/mol. The Bertz CT molecular complexity index is 107. The number of hydrogen-bond donors (Lipinski definition) is 0. The smallest absolute Gasteiger partial charge is 0.00943 e. The van der Waals surface area contributed by atoms with E-state index in [0.717, 1.165) is 11.2 Å². The molecule has 0 radical (unpaired) electrons. The summed E-state index contributed by atoms with van der Waals surface area (Å²) in [4.78, 5) is 0. The molecule has 1 atom stereocenters. The van der Waals surface area contributed by atoms with Gasteiger partial charge in [0.25, 0.3) is 0 Å². The molecule has 0 amide bonds. The molecule has 0 saturated carbocycles. The molecular formula is C9H15Br. The molecule has 0 bridgehead atoms. The minimum atomic E-state index is 0.806. The Balaban J connectivity index is 2.33. The highest BCUT2D eigenvalue weighted by atomic mass is 79.9. The van der Waals surface area contributed by atoms with Gasteiger partial charge in [-0.25, -0.2) is 0 Å². The van der Waals surface area contributed by atoms with Gasteiger partial charge in [0, 0.05) is 5.33 Å². The first-order valence-electron chi connectivity index (χ1n) is 4.16. The van der Waals surface area contributed by atoms with Crippen molar-refractivity contribution in [3.8, 4) is 0 Å². The molecule has 0 aromatic heterocycles. The van der Waals surface area contributed by atoms with E-state index in [1.165, 1.54) is 32.1 Å². The standard InChI is InChI=1S/C9H15Br/c10-8-9-6-4-2-1-3-5-7-9/h4,6,9H,1-3,5,7-8H2/b6-4-. The third kappa shape index (κ3) is 2.87. The van der Waals surface area contributed by atoms with Crippen molar-refractivity contribution >= 4 is 15.9 Å². The Kier molecular flexibility index (Phi) is 4.12. The average Bonchev–Trinajstić information content (AvgIpc) is 1.87. The summed E-state index contributed by atoms with van der Waals surface area (Å²) in [6.45, 7) is 0. The van der Waals surface area contributed by atoms with E-state index in [2.05, 4.69) is 28.1 Å². The molecular weight excluding hydrogens is 188 g/mol. The van der Waals surface area contributed by atoms with E-state index in [4.69, 9.17) is 0 Å². The molecule has 0 aromatic rings. The Labute approximate surface area is 71.8 Å². The van der Waals surface area contributed by atoms with Crippen molar-refractivity contribution in [1.29, 1.82) is 0 Å². The van der Waals surface area contributed by atoms with Crippen LogP contribution in [0.4, 0.5) is 0 Å². The summed E-state index contributed by atoms with van der Waals surface area (Å²) in [5.41, 5.74) is 0. The van der Waals surface area contributed by atoms with Crippen molar-refractivity contribution in [1.82, 2.24) is 0 Å². The first-order chi connectivity index (χ1) is 4.93. The fourth-order valence-corrected chi connectivity index (χ4v) is 1.90. The summed E-state index contributed by atoms with van der Waals surface area (Å²) in [5.74, 6) is 0.806. The zero-order valence-corrected chi connectivity index (χ0v) is 7.94. The highest BCUT2D eigenvalue weighted by molar-refractivity contribution is 9.09. The maximum atomic E-state index is 3.52. The molecule has 0 spiro atoms. The summed E-state index contributed by atoms with van der Waals surface area (Å²) in [5, 5.41) is 1.14. The van der Waals surface area contributed by atoms with Gasteiger partial charge < -0.3 is 0 Å². The van der Waals surface area contributed by atoms with Gasteiger partial charge in [-0.05, 0) is 25.2 Å². The summed E-state index contributed by atoms with van der Waals surface area (Å²) in [6.07, 6.45) is 11.6. The van der Waals surface area contributed by atoms with Gasteiger partial charge in [0.2, 0.25) is 0 Å². The molecule has 0 saturated heterocycles. The Morgan fingerprint density at radius 1 is 1.30 bits per heavy atom. The highest BCUT2D eigenvalue weighted by Gasteiger charge is 2.03. The minimum Gasteiger partial charge on any atom is -0.0922 e. The molecule has 1 rings (SSSR count). The predicted molar refractivity (Wildman–Crippen MR) is 49.5 cm³/mol. The normalized spacial score (nSPS) is 30.7. The maximum Gasteiger partial charge on any atom is 0.00943 e. The molecule has 0 aliphatic heterocycles. The number of halogens is 1. The highest BCUT2D eigenvalue weighted by Crippen LogP contribution is 2.18. The van der Waals surface area contributed by atoms with Crippen molar-refractivity contribution in [2.75, 3.05) is 5.33 Å². The molecule has 0 aromatic carbocycles. The number of alkyl halides is 1. The predicted octanol–water partition coefficient (Wildman–Crippen LogP) is 3.52. The number of hydrogen-bond acceptors (Lipinski definition) is 0. The molecule has 1 unspecified atom stereocenters. The lowest BCUT2D eigenvalue weighted by atomic mass is 9.98. The zero-order valence-electron chi connectivity index (χ0n) is 6.35. The monoisotopic (exact) mass is 202 g/mol. The van der Waals surface area contributed by atoms with E-state index >= 15 is 0 Å². The van der Waals surface area contributed by atoms with Crippen LogP contribution in [-0.4, -0.2) is 5.33 Å². The SMILES string of the molecule is BrCC1/C=C\CCCCC1. The van der Waals surface area contributed by atoms with Crippen molar-refractivity contribution in [3.63, 3.8) is 0 Å². The van der Waals surface area contributed by atoms with Crippen LogP contribution in [0.15, 0.2) is 12.2 Å². The largest absolute Gasteiger partial charge is 0.0922 e. The van der Waals surface area contributed by atoms with Gasteiger partial charge in [-0.2, -0.15) is 0 Å². The second kappa shape index (κ2) is 4.95. The van der Waals surface area contributed by atoms with Crippen LogP contribution in [0.5, 0.6) is 0 Å². The van der Waals surface area contributed by atoms with Crippen LogP contribution in [0.3, 0.4) is 0 Å². The second-order valence-corrected chi connectivity index (χ2v) is 3.63. The summed E-state index contributed by atoms with van der Waals surface area (Å²) >= 11 is 3.52. The van der Waals surface area contributed by atoms with Crippen molar-refractivity contribution in [2.24, 2.45) is 5.92 Å². The van der Waals surface area contributed by atoms with E-state index in [1.807, 2.05) is 0 Å². The van der Waals surface area contributed by atoms with Crippen molar-refractivity contribution < 1.29 is 0 Å². The molecule has 58 valence electrons.